The van der Waals surface area contributed by atoms with Crippen LogP contribution in [0.4, 0.5) is 26.4 Å². The largest absolute Gasteiger partial charge is 0.454 e. The van der Waals surface area contributed by atoms with E-state index in [9.17, 15) is 19.3 Å². The molecule has 34 heavy (non-hydrogen) atoms. The quantitative estimate of drug-likeness (QED) is 0.338. The Balaban J connectivity index is 1.48. The number of anilines is 2. The number of cyclic esters (lactones) is 1. The first-order valence-electron chi connectivity index (χ1n) is 10.7. The number of carbonyl (C=O) groups is 1. The molecule has 0 N–H and O–H groups in total. The number of ether oxygens (including phenoxy) is 2. The van der Waals surface area contributed by atoms with Crippen molar-refractivity contribution in [3.8, 4) is 11.5 Å². The summed E-state index contributed by atoms with van der Waals surface area (Å²) in [5.74, 6) is 0.00771. The van der Waals surface area contributed by atoms with Gasteiger partial charge in [0.25, 0.3) is 0 Å². The predicted octanol–water partition coefficient (Wildman–Crippen LogP) is 5.07. The van der Waals surface area contributed by atoms with Crippen molar-refractivity contribution >= 4 is 23.3 Å². The number of rotatable bonds is 8. The highest BCUT2D eigenvalue weighted by molar-refractivity contribution is 5.70. The van der Waals surface area contributed by atoms with Gasteiger partial charge < -0.3 is 19.3 Å². The van der Waals surface area contributed by atoms with Crippen molar-refractivity contribution in [2.24, 2.45) is 0 Å². The number of likely N-dealkylation sites (N-methyl/N-ethyl adjacent to an activating group) is 1. The van der Waals surface area contributed by atoms with Crippen LogP contribution in [0.3, 0.4) is 0 Å². The third-order valence-corrected chi connectivity index (χ3v) is 5.62. The molecule has 0 spiro atoms. The van der Waals surface area contributed by atoms with E-state index < -0.39 is 10.7 Å². The van der Waals surface area contributed by atoms with E-state index in [0.717, 1.165) is 5.56 Å². The van der Waals surface area contributed by atoms with E-state index in [4.69, 9.17) is 9.47 Å². The summed E-state index contributed by atoms with van der Waals surface area (Å²) >= 11 is 0. The monoisotopic (exact) mass is 466 g/mol. The Labute approximate surface area is 195 Å². The summed E-state index contributed by atoms with van der Waals surface area (Å²) in [6.45, 7) is 2.50. The second kappa shape index (κ2) is 9.74. The van der Waals surface area contributed by atoms with Crippen molar-refractivity contribution in [3.05, 3.63) is 82.3 Å². The molecule has 1 saturated heterocycles. The number of halogens is 1. The first-order valence-corrected chi connectivity index (χ1v) is 10.7. The Morgan fingerprint density at radius 1 is 1.26 bits per heavy atom. The third kappa shape index (κ3) is 4.75. The van der Waals surface area contributed by atoms with Crippen LogP contribution in [0.1, 0.15) is 12.5 Å². The highest BCUT2D eigenvalue weighted by Crippen LogP contribution is 2.34. The van der Waals surface area contributed by atoms with Gasteiger partial charge in [0.2, 0.25) is 5.82 Å². The number of hydrogen-bond donors (Lipinski definition) is 0. The molecule has 1 atom stereocenters. The highest BCUT2D eigenvalue weighted by Gasteiger charge is 2.29. The number of carbonyl (C=O) groups excluding carboxylic acids is 1. The molecule has 2 heterocycles. The zero-order valence-electron chi connectivity index (χ0n) is 18.7. The fraction of sp³-hybridized carbons (Fsp3) is 0.250. The van der Waals surface area contributed by atoms with Gasteiger partial charge >= 0.3 is 11.8 Å². The second-order valence-corrected chi connectivity index (χ2v) is 7.75. The number of aromatic nitrogens is 1. The van der Waals surface area contributed by atoms with Crippen LogP contribution < -0.4 is 9.64 Å². The van der Waals surface area contributed by atoms with Gasteiger partial charge in [-0.05, 0) is 49.2 Å². The van der Waals surface area contributed by atoms with E-state index in [0.29, 0.717) is 31.0 Å². The van der Waals surface area contributed by atoms with E-state index in [2.05, 4.69) is 4.98 Å². The number of nitro groups is 1. The van der Waals surface area contributed by atoms with Gasteiger partial charge in [0.05, 0.1) is 11.0 Å². The molecule has 176 valence electrons. The Bertz CT molecular complexity index is 1200. The summed E-state index contributed by atoms with van der Waals surface area (Å²) in [6, 6.07) is 14.4. The van der Waals surface area contributed by atoms with Gasteiger partial charge in [-0.25, -0.2) is 14.2 Å². The average molecular weight is 466 g/mol. The number of hydrogen-bond acceptors (Lipinski definition) is 7. The van der Waals surface area contributed by atoms with Gasteiger partial charge in [0.15, 0.2) is 11.6 Å². The summed E-state index contributed by atoms with van der Waals surface area (Å²) in [5, 5.41) is 11.4. The van der Waals surface area contributed by atoms with Crippen LogP contribution in [0.2, 0.25) is 0 Å². The molecule has 10 heteroatoms. The van der Waals surface area contributed by atoms with Crippen LogP contribution in [0.25, 0.3) is 0 Å². The minimum atomic E-state index is -0.609. The van der Waals surface area contributed by atoms with E-state index in [1.54, 1.807) is 42.0 Å². The lowest BCUT2D eigenvalue weighted by Crippen LogP contribution is -2.30. The number of nitrogens with zero attached hydrogens (tertiary/aromatic N) is 4. The molecule has 0 bridgehead atoms. The minimum absolute atomic E-state index is 0.0256. The standard InChI is InChI=1S/C24H23FN4O5/c1-3-28(23-21(29(31)32)5-4-12-26-23)17-8-11-22(20(25)14-17)34-19-9-6-16(7-10-19)13-18-15-33-24(30)27(18)2/h4-12,14,18H,3,13,15H2,1-2H3/t18-/m0/s1. The summed E-state index contributed by atoms with van der Waals surface area (Å²) in [6.07, 6.45) is 1.76. The van der Waals surface area contributed by atoms with Crippen LogP contribution in [-0.4, -0.2) is 47.1 Å². The highest BCUT2D eigenvalue weighted by atomic mass is 19.1. The molecule has 1 aliphatic rings. The van der Waals surface area contributed by atoms with Crippen molar-refractivity contribution in [1.29, 1.82) is 0 Å². The second-order valence-electron chi connectivity index (χ2n) is 7.75. The maximum Gasteiger partial charge on any atom is 0.409 e. The average Bonchev–Trinajstić information content (AvgIpc) is 3.15. The summed E-state index contributed by atoms with van der Waals surface area (Å²) in [5.41, 5.74) is 1.25. The number of amides is 1. The Hall–Kier alpha value is -4.21. The topological polar surface area (TPSA) is 98.0 Å². The van der Waals surface area contributed by atoms with Crippen molar-refractivity contribution < 1.29 is 23.6 Å². The van der Waals surface area contributed by atoms with Crippen LogP contribution in [0.15, 0.2) is 60.8 Å². The number of pyridine rings is 1. The smallest absolute Gasteiger partial charge is 0.409 e. The molecule has 0 unspecified atom stereocenters. The van der Waals surface area contributed by atoms with Crippen LogP contribution in [0, 0.1) is 15.9 Å². The lowest BCUT2D eigenvalue weighted by atomic mass is 10.1. The van der Waals surface area contributed by atoms with E-state index >= 15 is 0 Å². The molecule has 0 radical (unpaired) electrons. The van der Waals surface area contributed by atoms with E-state index in [-0.39, 0.29) is 29.4 Å². The summed E-state index contributed by atoms with van der Waals surface area (Å²) in [7, 11) is 1.70. The Morgan fingerprint density at radius 2 is 2.03 bits per heavy atom. The molecule has 0 saturated carbocycles. The molecule has 1 aromatic heterocycles. The van der Waals surface area contributed by atoms with Gasteiger partial charge in [0.1, 0.15) is 12.4 Å². The molecule has 9 nitrogen and oxygen atoms in total. The summed E-state index contributed by atoms with van der Waals surface area (Å²) in [4.78, 5) is 29.6. The Kier molecular flexibility index (Phi) is 6.58. The molecular weight excluding hydrogens is 443 g/mol. The van der Waals surface area contributed by atoms with Crippen LogP contribution in [0.5, 0.6) is 11.5 Å². The first-order chi connectivity index (χ1) is 16.4. The number of benzene rings is 2. The van der Waals surface area contributed by atoms with Gasteiger partial charge in [-0.3, -0.25) is 10.1 Å². The molecular formula is C24H23FN4O5. The summed E-state index contributed by atoms with van der Waals surface area (Å²) < 4.78 is 25.6. The van der Waals surface area contributed by atoms with Crippen molar-refractivity contribution in [2.45, 2.75) is 19.4 Å². The van der Waals surface area contributed by atoms with Crippen LogP contribution >= 0.6 is 0 Å². The maximum absolute atomic E-state index is 14.9. The lowest BCUT2D eigenvalue weighted by molar-refractivity contribution is -0.384. The molecule has 1 amide bonds. The molecule has 1 aliphatic heterocycles. The van der Waals surface area contributed by atoms with Crippen molar-refractivity contribution in [2.75, 3.05) is 25.1 Å². The first kappa shape index (κ1) is 23.0. The fourth-order valence-electron chi connectivity index (χ4n) is 3.75. The zero-order chi connectivity index (χ0) is 24.2. The Morgan fingerprint density at radius 3 is 2.65 bits per heavy atom. The minimum Gasteiger partial charge on any atom is -0.454 e. The van der Waals surface area contributed by atoms with Crippen LogP contribution in [-0.2, 0) is 11.2 Å². The molecule has 3 aromatic rings. The zero-order valence-corrected chi connectivity index (χ0v) is 18.7. The van der Waals surface area contributed by atoms with E-state index in [1.807, 2.05) is 12.1 Å². The van der Waals surface area contributed by atoms with E-state index in [1.165, 1.54) is 30.5 Å². The predicted molar refractivity (Wildman–Crippen MR) is 123 cm³/mol. The molecule has 2 aromatic carbocycles. The third-order valence-electron chi connectivity index (χ3n) is 5.62. The fourth-order valence-corrected chi connectivity index (χ4v) is 3.75. The normalized spacial score (nSPS) is 15.2. The molecule has 4 rings (SSSR count). The SMILES string of the molecule is CCN(c1ccc(Oc2ccc(C[C@H]3COC(=O)N3C)cc2)c(F)c1)c1ncccc1[N+](=O)[O-]. The van der Waals surface area contributed by atoms with Crippen molar-refractivity contribution in [3.63, 3.8) is 0 Å². The molecule has 0 aliphatic carbocycles. The van der Waals surface area contributed by atoms with Gasteiger partial charge in [0, 0.05) is 37.6 Å². The van der Waals surface area contributed by atoms with Gasteiger partial charge in [-0.1, -0.05) is 12.1 Å². The van der Waals surface area contributed by atoms with Gasteiger partial charge in [-0.2, -0.15) is 0 Å². The van der Waals surface area contributed by atoms with Gasteiger partial charge in [-0.15, -0.1) is 0 Å². The lowest BCUT2D eigenvalue weighted by Gasteiger charge is -2.22. The molecule has 1 fully saturated rings. The van der Waals surface area contributed by atoms with Crippen molar-refractivity contribution in [1.82, 2.24) is 9.88 Å². The maximum atomic E-state index is 14.9.